The van der Waals surface area contributed by atoms with Gasteiger partial charge in [0.15, 0.2) is 5.69 Å². The van der Waals surface area contributed by atoms with Gasteiger partial charge in [-0.2, -0.15) is 0 Å². The van der Waals surface area contributed by atoms with Crippen LogP contribution in [0.2, 0.25) is 0 Å². The Kier molecular flexibility index (Phi) is 5.03. The summed E-state index contributed by atoms with van der Waals surface area (Å²) in [4.78, 5) is 15.2. The lowest BCUT2D eigenvalue weighted by Crippen LogP contribution is -2.31. The number of amides is 1. The molecule has 100 valence electrons. The van der Waals surface area contributed by atoms with E-state index in [-0.39, 0.29) is 5.91 Å². The van der Waals surface area contributed by atoms with E-state index in [1.54, 1.807) is 26.2 Å². The smallest absolute Gasteiger partial charge is 0.273 e. The fraction of sp³-hybridized carbons (Fsp3) is 0.583. The summed E-state index contributed by atoms with van der Waals surface area (Å²) in [5.74, 6) is 0.537. The van der Waals surface area contributed by atoms with Crippen LogP contribution in [0.15, 0.2) is 12.1 Å². The molecule has 0 spiro atoms. The van der Waals surface area contributed by atoms with Crippen LogP contribution in [0.1, 0.15) is 17.4 Å². The molecule has 0 aromatic carbocycles. The summed E-state index contributed by atoms with van der Waals surface area (Å²) < 4.78 is 0. The number of aromatic nitrogens is 2. The summed E-state index contributed by atoms with van der Waals surface area (Å²) >= 11 is 0. The number of anilines is 1. The maximum absolute atomic E-state index is 11.6. The van der Waals surface area contributed by atoms with Crippen LogP contribution in [-0.2, 0) is 0 Å². The second-order valence-electron chi connectivity index (χ2n) is 4.70. The highest BCUT2D eigenvalue weighted by Gasteiger charge is 2.10. The van der Waals surface area contributed by atoms with Gasteiger partial charge in [0.05, 0.1) is 0 Å². The Bertz CT molecular complexity index is 388. The number of hydrogen-bond donors (Lipinski definition) is 1. The molecule has 1 aromatic rings. The molecular formula is C12H21N5O. The van der Waals surface area contributed by atoms with E-state index in [1.165, 1.54) is 4.90 Å². The summed E-state index contributed by atoms with van der Waals surface area (Å²) in [5, 5.41) is 11.1. The Labute approximate surface area is 108 Å². The van der Waals surface area contributed by atoms with Gasteiger partial charge < -0.3 is 15.1 Å². The van der Waals surface area contributed by atoms with Crippen LogP contribution < -0.4 is 5.32 Å². The summed E-state index contributed by atoms with van der Waals surface area (Å²) in [5.41, 5.74) is 0.353. The minimum atomic E-state index is -0.143. The zero-order valence-corrected chi connectivity index (χ0v) is 11.6. The molecule has 0 radical (unpaired) electrons. The molecule has 6 heteroatoms. The molecule has 1 aromatic heterocycles. The maximum atomic E-state index is 11.6. The van der Waals surface area contributed by atoms with Gasteiger partial charge in [-0.1, -0.05) is 0 Å². The second kappa shape index (κ2) is 6.30. The van der Waals surface area contributed by atoms with Gasteiger partial charge in [0.25, 0.3) is 5.91 Å². The van der Waals surface area contributed by atoms with Crippen molar-refractivity contribution in [2.45, 2.75) is 13.0 Å². The first-order valence-corrected chi connectivity index (χ1v) is 5.87. The predicted molar refractivity (Wildman–Crippen MR) is 71.7 cm³/mol. The molecular weight excluding hydrogens is 230 g/mol. The molecule has 1 rings (SSSR count). The number of nitrogens with one attached hydrogen (secondary N) is 1. The summed E-state index contributed by atoms with van der Waals surface area (Å²) in [6.07, 6.45) is 0. The van der Waals surface area contributed by atoms with Crippen LogP contribution in [0.25, 0.3) is 0 Å². The number of rotatable bonds is 5. The quantitative estimate of drug-likeness (QED) is 0.827. The molecule has 0 aliphatic heterocycles. The van der Waals surface area contributed by atoms with E-state index in [2.05, 4.69) is 27.3 Å². The molecule has 6 nitrogen and oxygen atoms in total. The highest BCUT2D eigenvalue weighted by Crippen LogP contribution is 2.04. The molecule has 0 saturated carbocycles. The largest absolute Gasteiger partial charge is 0.367 e. The standard InChI is InChI=1S/C12H21N5O/c1-9(16(2)3)8-13-11-7-6-10(14-15-11)12(18)17(4)5/h6-7,9H,8H2,1-5H3,(H,13,15). The zero-order valence-electron chi connectivity index (χ0n) is 11.6. The van der Waals surface area contributed by atoms with Gasteiger partial charge >= 0.3 is 0 Å². The molecule has 0 aliphatic rings. The minimum Gasteiger partial charge on any atom is -0.367 e. The number of carbonyl (C=O) groups is 1. The van der Waals surface area contributed by atoms with Gasteiger partial charge in [0.2, 0.25) is 0 Å². The van der Waals surface area contributed by atoms with Gasteiger partial charge in [-0.15, -0.1) is 10.2 Å². The van der Waals surface area contributed by atoms with Crippen LogP contribution in [-0.4, -0.2) is 66.7 Å². The van der Waals surface area contributed by atoms with Crippen molar-refractivity contribution in [3.8, 4) is 0 Å². The lowest BCUT2D eigenvalue weighted by atomic mass is 10.3. The maximum Gasteiger partial charge on any atom is 0.273 e. The SMILES string of the molecule is CC(CNc1ccc(C(=O)N(C)C)nn1)N(C)C. The Morgan fingerprint density at radius 3 is 2.39 bits per heavy atom. The first-order valence-electron chi connectivity index (χ1n) is 5.87. The molecule has 1 amide bonds. The fourth-order valence-electron chi connectivity index (χ4n) is 1.20. The van der Waals surface area contributed by atoms with E-state index in [0.717, 1.165) is 6.54 Å². The van der Waals surface area contributed by atoms with Crippen molar-refractivity contribution < 1.29 is 4.79 Å². The van der Waals surface area contributed by atoms with E-state index in [0.29, 0.717) is 17.6 Å². The van der Waals surface area contributed by atoms with Gasteiger partial charge in [-0.25, -0.2) is 0 Å². The van der Waals surface area contributed by atoms with E-state index in [1.807, 2.05) is 14.1 Å². The third-order valence-electron chi connectivity index (χ3n) is 2.75. The molecule has 0 fully saturated rings. The third-order valence-corrected chi connectivity index (χ3v) is 2.75. The minimum absolute atomic E-state index is 0.143. The monoisotopic (exact) mass is 251 g/mol. The summed E-state index contributed by atoms with van der Waals surface area (Å²) in [6.45, 7) is 2.90. The number of hydrogen-bond acceptors (Lipinski definition) is 5. The molecule has 1 atom stereocenters. The Morgan fingerprint density at radius 1 is 1.28 bits per heavy atom. The van der Waals surface area contributed by atoms with Gasteiger partial charge in [-0.3, -0.25) is 4.79 Å². The number of likely N-dealkylation sites (N-methyl/N-ethyl adjacent to an activating group) is 1. The highest BCUT2D eigenvalue weighted by atomic mass is 16.2. The molecule has 0 aliphatic carbocycles. The van der Waals surface area contributed by atoms with E-state index < -0.39 is 0 Å². The molecule has 1 N–H and O–H groups in total. The van der Waals surface area contributed by atoms with Crippen molar-refractivity contribution in [2.75, 3.05) is 40.1 Å². The van der Waals surface area contributed by atoms with Crippen LogP contribution in [0.5, 0.6) is 0 Å². The topological polar surface area (TPSA) is 61.4 Å². The van der Waals surface area contributed by atoms with E-state index >= 15 is 0 Å². The lowest BCUT2D eigenvalue weighted by molar-refractivity contribution is 0.0821. The van der Waals surface area contributed by atoms with Crippen molar-refractivity contribution in [3.63, 3.8) is 0 Å². The van der Waals surface area contributed by atoms with Crippen molar-refractivity contribution in [1.29, 1.82) is 0 Å². The molecule has 1 unspecified atom stereocenters. The third kappa shape index (κ3) is 3.96. The van der Waals surface area contributed by atoms with Crippen molar-refractivity contribution >= 4 is 11.7 Å². The van der Waals surface area contributed by atoms with Crippen LogP contribution >= 0.6 is 0 Å². The van der Waals surface area contributed by atoms with Crippen molar-refractivity contribution in [2.24, 2.45) is 0 Å². The molecule has 1 heterocycles. The normalized spacial score (nSPS) is 12.3. The average molecular weight is 251 g/mol. The lowest BCUT2D eigenvalue weighted by Gasteiger charge is -2.20. The van der Waals surface area contributed by atoms with Crippen molar-refractivity contribution in [1.82, 2.24) is 20.0 Å². The highest BCUT2D eigenvalue weighted by molar-refractivity contribution is 5.91. The van der Waals surface area contributed by atoms with E-state index in [4.69, 9.17) is 0 Å². The van der Waals surface area contributed by atoms with Gasteiger partial charge in [0.1, 0.15) is 5.82 Å². The second-order valence-corrected chi connectivity index (χ2v) is 4.70. The zero-order chi connectivity index (χ0) is 13.7. The molecule has 0 saturated heterocycles. The van der Waals surface area contributed by atoms with Crippen LogP contribution in [0.4, 0.5) is 5.82 Å². The summed E-state index contributed by atoms with van der Waals surface area (Å²) in [6, 6.07) is 3.85. The Morgan fingerprint density at radius 2 is 1.94 bits per heavy atom. The predicted octanol–water partition coefficient (Wildman–Crippen LogP) is 0.540. The Hall–Kier alpha value is -1.69. The first kappa shape index (κ1) is 14.4. The molecule has 0 bridgehead atoms. The molecule has 18 heavy (non-hydrogen) atoms. The number of carbonyl (C=O) groups excluding carboxylic acids is 1. The fourth-order valence-corrected chi connectivity index (χ4v) is 1.20. The average Bonchev–Trinajstić information content (AvgIpc) is 2.35. The number of nitrogens with zero attached hydrogens (tertiary/aromatic N) is 4. The van der Waals surface area contributed by atoms with Crippen LogP contribution in [0.3, 0.4) is 0 Å². The summed E-state index contributed by atoms with van der Waals surface area (Å²) in [7, 11) is 7.43. The van der Waals surface area contributed by atoms with Gasteiger partial charge in [0, 0.05) is 26.7 Å². The first-order chi connectivity index (χ1) is 8.41. The van der Waals surface area contributed by atoms with Crippen molar-refractivity contribution in [3.05, 3.63) is 17.8 Å². The van der Waals surface area contributed by atoms with E-state index in [9.17, 15) is 4.79 Å². The Balaban J connectivity index is 2.58. The van der Waals surface area contributed by atoms with Crippen LogP contribution in [0, 0.1) is 0 Å². The van der Waals surface area contributed by atoms with Gasteiger partial charge in [-0.05, 0) is 33.2 Å².